The molecule has 2 heterocycles. The van der Waals surface area contributed by atoms with Gasteiger partial charge in [-0.1, -0.05) is 29.8 Å². The first-order chi connectivity index (χ1) is 8.31. The number of hydrogen-bond acceptors (Lipinski definition) is 1. The van der Waals surface area contributed by atoms with Gasteiger partial charge in [0, 0.05) is 0 Å². The van der Waals surface area contributed by atoms with E-state index < -0.39 is 0 Å². The van der Waals surface area contributed by atoms with Gasteiger partial charge in [-0.05, 0) is 31.7 Å². The first-order valence-corrected chi connectivity index (χ1v) is 6.71. The van der Waals surface area contributed by atoms with E-state index in [9.17, 15) is 0 Å². The van der Waals surface area contributed by atoms with Gasteiger partial charge in [-0.2, -0.15) is 0 Å². The lowest BCUT2D eigenvalue weighted by Gasteiger charge is -2.21. The molecule has 1 unspecified atom stereocenters. The Hall–Kier alpha value is -0.830. The summed E-state index contributed by atoms with van der Waals surface area (Å²) in [7, 11) is 0. The number of nitrogens with zero attached hydrogens (tertiary/aromatic N) is 2. The van der Waals surface area contributed by atoms with Crippen LogP contribution >= 0.6 is 0 Å². The minimum Gasteiger partial charge on any atom is -1.00 e. The van der Waals surface area contributed by atoms with Gasteiger partial charge < -0.3 is 17.0 Å². The molecule has 1 aromatic carbocycles. The average Bonchev–Trinajstić information content (AvgIpc) is 2.74. The summed E-state index contributed by atoms with van der Waals surface area (Å²) < 4.78 is 2.47. The fourth-order valence-electron chi connectivity index (χ4n) is 2.93. The third-order valence-electron chi connectivity index (χ3n) is 3.94. The molecule has 1 aromatic rings. The van der Waals surface area contributed by atoms with Gasteiger partial charge >= 0.3 is 0 Å². The number of benzene rings is 1. The van der Waals surface area contributed by atoms with Crippen molar-refractivity contribution in [1.29, 1.82) is 0 Å². The number of aryl methyl sites for hydroxylation is 1. The van der Waals surface area contributed by atoms with Crippen molar-refractivity contribution in [3.63, 3.8) is 0 Å². The Balaban J connectivity index is 0.00000120. The van der Waals surface area contributed by atoms with Gasteiger partial charge in [0.05, 0.1) is 6.54 Å². The van der Waals surface area contributed by atoms with Crippen molar-refractivity contribution < 1.29 is 21.6 Å². The smallest absolute Gasteiger partial charge is 0.234 e. The Morgan fingerprint density at radius 1 is 1.22 bits per heavy atom. The fraction of sp³-hybridized carbons (Fsp3) is 0.533. The van der Waals surface area contributed by atoms with Gasteiger partial charge in [-0.3, -0.25) is 9.48 Å². The molecule has 0 spiro atoms. The largest absolute Gasteiger partial charge is 1.00 e. The minimum absolute atomic E-state index is 0. The molecule has 0 N–H and O–H groups in total. The van der Waals surface area contributed by atoms with E-state index in [1.54, 1.807) is 0 Å². The molecule has 2 aliphatic heterocycles. The normalized spacial score (nSPS) is 22.2. The number of halogens is 1. The van der Waals surface area contributed by atoms with Gasteiger partial charge in [0.2, 0.25) is 6.34 Å². The molecule has 18 heavy (non-hydrogen) atoms. The molecule has 0 radical (unpaired) electrons. The van der Waals surface area contributed by atoms with Crippen LogP contribution in [0.1, 0.15) is 30.4 Å². The van der Waals surface area contributed by atoms with Crippen LogP contribution in [0.25, 0.3) is 0 Å². The van der Waals surface area contributed by atoms with Crippen LogP contribution in [-0.2, 0) is 6.54 Å². The van der Waals surface area contributed by atoms with Crippen LogP contribution in [0.3, 0.4) is 0 Å². The first kappa shape index (κ1) is 13.6. The van der Waals surface area contributed by atoms with Gasteiger partial charge in [-0.15, -0.1) is 0 Å². The van der Waals surface area contributed by atoms with Crippen LogP contribution in [0.5, 0.6) is 0 Å². The molecule has 1 saturated heterocycles. The second-order valence-electron chi connectivity index (χ2n) is 5.42. The molecule has 1 atom stereocenters. The Morgan fingerprint density at radius 3 is 2.72 bits per heavy atom. The fourth-order valence-corrected chi connectivity index (χ4v) is 2.93. The molecule has 0 aromatic heterocycles. The summed E-state index contributed by atoms with van der Waals surface area (Å²) in [5, 5.41) is 0. The Morgan fingerprint density at radius 2 is 2.00 bits per heavy atom. The monoisotopic (exact) mass is 308 g/mol. The summed E-state index contributed by atoms with van der Waals surface area (Å²) in [6, 6.07) is 9.70. The average molecular weight is 309 g/mol. The van der Waals surface area contributed by atoms with E-state index in [1.807, 2.05) is 0 Å². The summed E-state index contributed by atoms with van der Waals surface area (Å²) in [6.07, 6.45) is 6.50. The van der Waals surface area contributed by atoms with Gasteiger partial charge in [0.1, 0.15) is 19.1 Å². The maximum atomic E-state index is 2.54. The zero-order valence-electron chi connectivity index (χ0n) is 11.0. The van der Waals surface area contributed by atoms with E-state index in [1.165, 1.54) is 43.5 Å². The van der Waals surface area contributed by atoms with Crippen LogP contribution < -0.4 is 17.0 Å². The first-order valence-electron chi connectivity index (χ1n) is 6.71. The Labute approximate surface area is 120 Å². The van der Waals surface area contributed by atoms with Crippen molar-refractivity contribution in [3.05, 3.63) is 35.4 Å². The van der Waals surface area contributed by atoms with Crippen molar-refractivity contribution in [1.82, 2.24) is 4.90 Å². The molecule has 2 aliphatic rings. The standard InChI is InChI=1S/C15H21N2.BrH/c1-13-5-7-14(8-6-13)10-16-11-15-4-2-3-9-17(15)12-16;/h5-8,12,15H,2-4,9-11H2,1H3;1H/q+1;/p-1. The van der Waals surface area contributed by atoms with Crippen LogP contribution in [-0.4, -0.2) is 34.9 Å². The van der Waals surface area contributed by atoms with Crippen molar-refractivity contribution >= 4 is 6.34 Å². The molecule has 98 valence electrons. The molecule has 0 bridgehead atoms. The lowest BCUT2D eigenvalue weighted by Crippen LogP contribution is -3.00. The van der Waals surface area contributed by atoms with Gasteiger partial charge in [0.25, 0.3) is 0 Å². The zero-order valence-corrected chi connectivity index (χ0v) is 12.6. The van der Waals surface area contributed by atoms with Gasteiger partial charge in [0.15, 0.2) is 0 Å². The lowest BCUT2D eigenvalue weighted by atomic mass is 10.0. The predicted molar refractivity (Wildman–Crippen MR) is 70.4 cm³/mol. The third-order valence-corrected chi connectivity index (χ3v) is 3.94. The maximum absolute atomic E-state index is 2.54. The molecule has 1 fully saturated rings. The topological polar surface area (TPSA) is 6.25 Å². The van der Waals surface area contributed by atoms with E-state index >= 15 is 0 Å². The van der Waals surface area contributed by atoms with Crippen molar-refractivity contribution in [3.8, 4) is 0 Å². The molecule has 0 aliphatic carbocycles. The van der Waals surface area contributed by atoms with E-state index in [-0.39, 0.29) is 17.0 Å². The third kappa shape index (κ3) is 2.94. The summed E-state index contributed by atoms with van der Waals surface area (Å²) in [6.45, 7) is 5.68. The van der Waals surface area contributed by atoms with Crippen LogP contribution in [0.4, 0.5) is 0 Å². The van der Waals surface area contributed by atoms with E-state index in [0.717, 1.165) is 12.6 Å². The van der Waals surface area contributed by atoms with Gasteiger partial charge in [-0.25, -0.2) is 0 Å². The molecule has 2 nitrogen and oxygen atoms in total. The SMILES string of the molecule is Cc1ccc(C[N+]2=CN3CCCCC3C2)cc1.[Br-]. The van der Waals surface area contributed by atoms with E-state index in [2.05, 4.69) is 47.0 Å². The van der Waals surface area contributed by atoms with Crippen LogP contribution in [0.2, 0.25) is 0 Å². The van der Waals surface area contributed by atoms with Crippen molar-refractivity contribution in [2.24, 2.45) is 0 Å². The van der Waals surface area contributed by atoms with Crippen molar-refractivity contribution in [2.45, 2.75) is 38.8 Å². The summed E-state index contributed by atoms with van der Waals surface area (Å²) in [5.74, 6) is 0. The summed E-state index contributed by atoms with van der Waals surface area (Å²) in [5.41, 5.74) is 2.77. The molecular formula is C15H21BrN2. The Kier molecular flexibility index (Phi) is 4.44. The van der Waals surface area contributed by atoms with E-state index in [4.69, 9.17) is 0 Å². The highest BCUT2D eigenvalue weighted by Gasteiger charge is 2.33. The second kappa shape index (κ2) is 5.87. The maximum Gasteiger partial charge on any atom is 0.234 e. The summed E-state index contributed by atoms with van der Waals surface area (Å²) in [4.78, 5) is 2.54. The molecule has 3 rings (SSSR count). The second-order valence-corrected chi connectivity index (χ2v) is 5.42. The summed E-state index contributed by atoms with van der Waals surface area (Å²) >= 11 is 0. The van der Waals surface area contributed by atoms with Crippen molar-refractivity contribution in [2.75, 3.05) is 13.1 Å². The molecular weight excluding hydrogens is 288 g/mol. The van der Waals surface area contributed by atoms with Crippen LogP contribution in [0.15, 0.2) is 24.3 Å². The van der Waals surface area contributed by atoms with E-state index in [0.29, 0.717) is 0 Å². The molecule has 3 heteroatoms. The number of hydrogen-bond donors (Lipinski definition) is 0. The number of fused-ring (bicyclic) bond motifs is 1. The highest BCUT2D eigenvalue weighted by Crippen LogP contribution is 2.19. The number of piperidine rings is 1. The lowest BCUT2D eigenvalue weighted by molar-refractivity contribution is -0.533. The Bertz CT molecular complexity index is 425. The predicted octanol–water partition coefficient (Wildman–Crippen LogP) is -0.592. The molecule has 0 saturated carbocycles. The van der Waals surface area contributed by atoms with Crippen LogP contribution in [0, 0.1) is 6.92 Å². The molecule has 0 amide bonds. The number of rotatable bonds is 2. The highest BCUT2D eigenvalue weighted by molar-refractivity contribution is 5.51. The highest BCUT2D eigenvalue weighted by atomic mass is 79.9. The zero-order chi connectivity index (χ0) is 11.7. The quantitative estimate of drug-likeness (QED) is 0.662. The minimum atomic E-state index is 0.